The fourth-order valence-corrected chi connectivity index (χ4v) is 3.23. The van der Waals surface area contributed by atoms with E-state index in [1.54, 1.807) is 12.1 Å². The van der Waals surface area contributed by atoms with Gasteiger partial charge in [-0.3, -0.25) is 0 Å². The Bertz CT molecular complexity index is 491. The highest BCUT2D eigenvalue weighted by Gasteiger charge is 2.47. The van der Waals surface area contributed by atoms with E-state index < -0.39 is 0 Å². The number of ether oxygens (including phenoxy) is 1. The quantitative estimate of drug-likeness (QED) is 0.861. The van der Waals surface area contributed by atoms with Gasteiger partial charge in [-0.15, -0.1) is 11.6 Å². The molecule has 1 N–H and O–H groups in total. The summed E-state index contributed by atoms with van der Waals surface area (Å²) in [5.41, 5.74) is 1.11. The molecule has 3 atom stereocenters. The van der Waals surface area contributed by atoms with Gasteiger partial charge >= 0.3 is 0 Å². The van der Waals surface area contributed by atoms with Gasteiger partial charge in [0.15, 0.2) is 0 Å². The lowest BCUT2D eigenvalue weighted by atomic mass is 9.67. The van der Waals surface area contributed by atoms with Crippen LogP contribution in [0.15, 0.2) is 18.2 Å². The number of hydrogen-bond acceptors (Lipinski definition) is 2. The molecule has 0 spiro atoms. The van der Waals surface area contributed by atoms with Crippen LogP contribution in [0.2, 0.25) is 0 Å². The van der Waals surface area contributed by atoms with Gasteiger partial charge in [-0.1, -0.05) is 13.8 Å². The average molecular weight is 284 g/mol. The highest BCUT2D eigenvalue weighted by Crippen LogP contribution is 2.44. The summed E-state index contributed by atoms with van der Waals surface area (Å²) in [5, 5.41) is 3.78. The second-order valence-electron chi connectivity index (χ2n) is 6.18. The van der Waals surface area contributed by atoms with Crippen molar-refractivity contribution in [2.75, 3.05) is 6.54 Å². The summed E-state index contributed by atoms with van der Waals surface area (Å²) in [5.74, 6) is 0.623. The normalized spacial score (nSPS) is 31.5. The first-order valence-corrected chi connectivity index (χ1v) is 7.23. The fourth-order valence-electron chi connectivity index (χ4n) is 2.90. The molecule has 2 nitrogen and oxygen atoms in total. The number of fused-ring (bicyclic) bond motifs is 1. The minimum absolute atomic E-state index is 0.0991. The molecule has 0 amide bonds. The maximum Gasteiger partial charge on any atom is 0.123 e. The van der Waals surface area contributed by atoms with Gasteiger partial charge in [-0.2, -0.15) is 0 Å². The van der Waals surface area contributed by atoms with Crippen molar-refractivity contribution >= 4 is 11.6 Å². The SMILES string of the molecule is CC1(C)C(Cl)CC1NCC1Cc2cc(F)ccc2O1. The van der Waals surface area contributed by atoms with Gasteiger partial charge < -0.3 is 10.1 Å². The Balaban J connectivity index is 1.54. The summed E-state index contributed by atoms with van der Waals surface area (Å²) >= 11 is 6.21. The first-order chi connectivity index (χ1) is 8.96. The number of rotatable bonds is 3. The van der Waals surface area contributed by atoms with Crippen molar-refractivity contribution in [1.29, 1.82) is 0 Å². The van der Waals surface area contributed by atoms with Crippen LogP contribution in [0.3, 0.4) is 0 Å². The van der Waals surface area contributed by atoms with Crippen molar-refractivity contribution in [2.45, 2.75) is 44.2 Å². The van der Waals surface area contributed by atoms with Crippen LogP contribution in [-0.4, -0.2) is 24.1 Å². The predicted molar refractivity (Wildman–Crippen MR) is 74.3 cm³/mol. The van der Waals surface area contributed by atoms with Gasteiger partial charge in [-0.05, 0) is 30.0 Å². The molecule has 104 valence electrons. The smallest absolute Gasteiger partial charge is 0.123 e. The van der Waals surface area contributed by atoms with E-state index in [2.05, 4.69) is 19.2 Å². The molecule has 19 heavy (non-hydrogen) atoms. The number of hydrogen-bond donors (Lipinski definition) is 1. The molecule has 1 aliphatic carbocycles. The summed E-state index contributed by atoms with van der Waals surface area (Å²) in [4.78, 5) is 0. The maximum absolute atomic E-state index is 13.1. The van der Waals surface area contributed by atoms with E-state index in [4.69, 9.17) is 16.3 Å². The summed E-state index contributed by atoms with van der Waals surface area (Å²) in [6, 6.07) is 5.17. The monoisotopic (exact) mass is 283 g/mol. The highest BCUT2D eigenvalue weighted by atomic mass is 35.5. The van der Waals surface area contributed by atoms with Gasteiger partial charge in [0.25, 0.3) is 0 Å². The van der Waals surface area contributed by atoms with E-state index >= 15 is 0 Å². The summed E-state index contributed by atoms with van der Waals surface area (Å²) in [7, 11) is 0. The maximum atomic E-state index is 13.1. The van der Waals surface area contributed by atoms with Crippen molar-refractivity contribution in [3.63, 3.8) is 0 Å². The molecule has 3 rings (SSSR count). The third kappa shape index (κ3) is 2.34. The molecule has 0 bridgehead atoms. The minimum atomic E-state index is -0.193. The molecule has 0 radical (unpaired) electrons. The Morgan fingerprint density at radius 2 is 2.26 bits per heavy atom. The summed E-state index contributed by atoms with van der Waals surface area (Å²) in [6.45, 7) is 5.16. The Kier molecular flexibility index (Phi) is 3.22. The molecule has 0 aromatic heterocycles. The van der Waals surface area contributed by atoms with Gasteiger partial charge in [0.05, 0.1) is 0 Å². The third-order valence-electron chi connectivity index (χ3n) is 4.50. The van der Waals surface area contributed by atoms with Crippen LogP contribution in [0.1, 0.15) is 25.8 Å². The molecule has 1 aromatic rings. The fraction of sp³-hybridized carbons (Fsp3) is 0.600. The third-order valence-corrected chi connectivity index (χ3v) is 5.24. The minimum Gasteiger partial charge on any atom is -0.488 e. The zero-order valence-electron chi connectivity index (χ0n) is 11.2. The van der Waals surface area contributed by atoms with Crippen LogP contribution < -0.4 is 10.1 Å². The molecule has 1 fully saturated rings. The standard InChI is InChI=1S/C15H19ClFNO/c1-15(2)13(16)7-14(15)18-8-11-6-9-5-10(17)3-4-12(9)19-11/h3-5,11,13-14,18H,6-8H2,1-2H3. The molecular weight excluding hydrogens is 265 g/mol. The van der Waals surface area contributed by atoms with E-state index in [0.29, 0.717) is 6.04 Å². The van der Waals surface area contributed by atoms with Gasteiger partial charge in [0.1, 0.15) is 17.7 Å². The lowest BCUT2D eigenvalue weighted by Gasteiger charge is -2.49. The van der Waals surface area contributed by atoms with Gasteiger partial charge in [0.2, 0.25) is 0 Å². The van der Waals surface area contributed by atoms with Gasteiger partial charge in [-0.25, -0.2) is 4.39 Å². The molecule has 1 saturated carbocycles. The molecular formula is C15H19ClFNO. The van der Waals surface area contributed by atoms with Crippen LogP contribution in [0, 0.1) is 11.2 Å². The second kappa shape index (κ2) is 4.64. The Morgan fingerprint density at radius 3 is 2.95 bits per heavy atom. The lowest BCUT2D eigenvalue weighted by Crippen LogP contribution is -2.59. The van der Waals surface area contributed by atoms with E-state index in [1.807, 2.05) is 0 Å². The first-order valence-electron chi connectivity index (χ1n) is 6.79. The Labute approximate surface area is 118 Å². The molecule has 3 unspecified atom stereocenters. The first kappa shape index (κ1) is 13.2. The van der Waals surface area contributed by atoms with Crippen LogP contribution in [0.5, 0.6) is 5.75 Å². The Hall–Kier alpha value is -0.800. The predicted octanol–water partition coefficient (Wildman–Crippen LogP) is 3.12. The molecule has 4 heteroatoms. The number of benzene rings is 1. The van der Waals surface area contributed by atoms with Crippen molar-refractivity contribution in [2.24, 2.45) is 5.41 Å². The average Bonchev–Trinajstić information content (AvgIpc) is 2.76. The van der Waals surface area contributed by atoms with Gasteiger partial charge in [0, 0.05) is 29.9 Å². The molecule has 0 saturated heterocycles. The summed E-state index contributed by atoms with van der Waals surface area (Å²) in [6.07, 6.45) is 1.88. The highest BCUT2D eigenvalue weighted by molar-refractivity contribution is 6.21. The topological polar surface area (TPSA) is 21.3 Å². The van der Waals surface area contributed by atoms with Crippen molar-refractivity contribution in [3.8, 4) is 5.75 Å². The molecule has 1 heterocycles. The molecule has 1 aliphatic heterocycles. The number of alkyl halides is 1. The number of halogens is 2. The van der Waals surface area contributed by atoms with Crippen LogP contribution in [0.4, 0.5) is 4.39 Å². The zero-order valence-corrected chi connectivity index (χ0v) is 12.0. The van der Waals surface area contributed by atoms with E-state index in [-0.39, 0.29) is 22.7 Å². The molecule has 2 aliphatic rings. The Morgan fingerprint density at radius 1 is 1.47 bits per heavy atom. The molecule has 1 aromatic carbocycles. The summed E-state index contributed by atoms with van der Waals surface area (Å²) < 4.78 is 18.9. The zero-order chi connectivity index (χ0) is 13.6. The second-order valence-corrected chi connectivity index (χ2v) is 6.71. The van der Waals surface area contributed by atoms with E-state index in [1.165, 1.54) is 6.07 Å². The lowest BCUT2D eigenvalue weighted by molar-refractivity contribution is 0.103. The van der Waals surface area contributed by atoms with Crippen molar-refractivity contribution in [1.82, 2.24) is 5.32 Å². The number of nitrogens with one attached hydrogen (secondary N) is 1. The van der Waals surface area contributed by atoms with Crippen LogP contribution >= 0.6 is 11.6 Å². The van der Waals surface area contributed by atoms with Crippen molar-refractivity contribution < 1.29 is 9.13 Å². The van der Waals surface area contributed by atoms with E-state index in [0.717, 1.165) is 30.7 Å². The van der Waals surface area contributed by atoms with Crippen LogP contribution in [0.25, 0.3) is 0 Å². The van der Waals surface area contributed by atoms with Crippen molar-refractivity contribution in [3.05, 3.63) is 29.6 Å². The largest absolute Gasteiger partial charge is 0.488 e. The van der Waals surface area contributed by atoms with E-state index in [9.17, 15) is 4.39 Å². The van der Waals surface area contributed by atoms with Crippen LogP contribution in [-0.2, 0) is 6.42 Å².